The molecule has 1 aliphatic heterocycles. The fraction of sp³-hybridized carbons (Fsp3) is 0.625. The predicted octanol–water partition coefficient (Wildman–Crippen LogP) is 3.68. The van der Waals surface area contributed by atoms with Crippen LogP contribution in [0.1, 0.15) is 64.8 Å². The summed E-state index contributed by atoms with van der Waals surface area (Å²) >= 11 is 0. The topological polar surface area (TPSA) is 75.9 Å². The average Bonchev–Trinajstić information content (AvgIpc) is 3.53. The van der Waals surface area contributed by atoms with E-state index in [4.69, 9.17) is 9.72 Å². The van der Waals surface area contributed by atoms with Crippen LogP contribution in [0.15, 0.2) is 24.5 Å². The first kappa shape index (κ1) is 20.3. The number of fused-ring (bicyclic) bond motifs is 2. The first-order valence-corrected chi connectivity index (χ1v) is 11.3. The monoisotopic (exact) mass is 424 g/mol. The molecule has 3 aliphatic rings. The van der Waals surface area contributed by atoms with Crippen LogP contribution in [0.3, 0.4) is 0 Å². The molecule has 0 radical (unpaired) electrons. The van der Waals surface area contributed by atoms with Crippen LogP contribution in [0, 0.1) is 17.8 Å². The highest BCUT2D eigenvalue weighted by Gasteiger charge is 2.61. The van der Waals surface area contributed by atoms with Crippen LogP contribution in [-0.2, 0) is 15.1 Å². The second-order valence-corrected chi connectivity index (χ2v) is 10.9. The molecule has 2 aliphatic carbocycles. The SMILES string of the molecule is CC(C)(C)OC(=O)N1C[C@@H]2[C@H](C1)[C@H]2C(=O)NC(C)(C)c1ncc2c(C3CC3)cccn12. The maximum atomic E-state index is 13.1. The van der Waals surface area contributed by atoms with Crippen molar-refractivity contribution in [3.8, 4) is 0 Å². The van der Waals surface area contributed by atoms with Crippen molar-refractivity contribution in [3.05, 3.63) is 35.9 Å². The molecule has 31 heavy (non-hydrogen) atoms. The molecule has 2 amide bonds. The molecule has 0 aromatic carbocycles. The van der Waals surface area contributed by atoms with E-state index in [1.54, 1.807) is 4.90 Å². The number of amides is 2. The van der Waals surface area contributed by atoms with Crippen molar-refractivity contribution in [2.45, 2.75) is 64.5 Å². The zero-order valence-electron chi connectivity index (χ0n) is 19.0. The van der Waals surface area contributed by atoms with Gasteiger partial charge in [-0.25, -0.2) is 9.78 Å². The van der Waals surface area contributed by atoms with Gasteiger partial charge in [0.15, 0.2) is 0 Å². The van der Waals surface area contributed by atoms with Gasteiger partial charge in [-0.3, -0.25) is 4.79 Å². The van der Waals surface area contributed by atoms with Gasteiger partial charge in [0.25, 0.3) is 0 Å². The molecule has 0 spiro atoms. The Morgan fingerprint density at radius 1 is 1.13 bits per heavy atom. The lowest BCUT2D eigenvalue weighted by atomic mass is 10.0. The Hall–Kier alpha value is -2.57. The van der Waals surface area contributed by atoms with Crippen molar-refractivity contribution in [1.29, 1.82) is 0 Å². The Bertz CT molecular complexity index is 1030. The largest absolute Gasteiger partial charge is 0.444 e. The molecule has 1 N–H and O–H groups in total. The van der Waals surface area contributed by atoms with E-state index in [2.05, 4.69) is 21.9 Å². The highest BCUT2D eigenvalue weighted by molar-refractivity contribution is 5.84. The minimum atomic E-state index is -0.590. The number of ether oxygens (including phenoxy) is 1. The summed E-state index contributed by atoms with van der Waals surface area (Å²) in [6.07, 6.45) is 6.16. The second kappa shape index (κ2) is 6.71. The van der Waals surface area contributed by atoms with Crippen LogP contribution in [0.25, 0.3) is 5.52 Å². The molecular weight excluding hydrogens is 392 g/mol. The smallest absolute Gasteiger partial charge is 0.410 e. The number of imidazole rings is 1. The van der Waals surface area contributed by atoms with Crippen LogP contribution in [0.2, 0.25) is 0 Å². The van der Waals surface area contributed by atoms with Gasteiger partial charge in [-0.2, -0.15) is 0 Å². The van der Waals surface area contributed by atoms with Crippen molar-refractivity contribution >= 4 is 17.5 Å². The van der Waals surface area contributed by atoms with Gasteiger partial charge in [0.1, 0.15) is 11.4 Å². The van der Waals surface area contributed by atoms with Crippen molar-refractivity contribution < 1.29 is 14.3 Å². The first-order valence-electron chi connectivity index (χ1n) is 11.3. The number of carbonyl (C=O) groups excluding carboxylic acids is 2. The average molecular weight is 425 g/mol. The molecule has 7 heteroatoms. The molecule has 3 heterocycles. The zero-order valence-corrected chi connectivity index (χ0v) is 19.0. The summed E-state index contributed by atoms with van der Waals surface area (Å²) in [4.78, 5) is 31.8. The first-order chi connectivity index (χ1) is 14.5. The van der Waals surface area contributed by atoms with Gasteiger partial charge >= 0.3 is 6.09 Å². The van der Waals surface area contributed by atoms with E-state index in [0.29, 0.717) is 19.0 Å². The van der Waals surface area contributed by atoms with Gasteiger partial charge < -0.3 is 19.4 Å². The fourth-order valence-electron chi connectivity index (χ4n) is 5.08. The van der Waals surface area contributed by atoms with Crippen LogP contribution in [-0.4, -0.2) is 45.0 Å². The Kier molecular flexibility index (Phi) is 4.40. The number of pyridine rings is 1. The van der Waals surface area contributed by atoms with Crippen molar-refractivity contribution in [2.24, 2.45) is 17.8 Å². The Balaban J connectivity index is 1.24. The van der Waals surface area contributed by atoms with E-state index >= 15 is 0 Å². The van der Waals surface area contributed by atoms with E-state index in [9.17, 15) is 9.59 Å². The van der Waals surface area contributed by atoms with Crippen molar-refractivity contribution in [1.82, 2.24) is 19.6 Å². The summed E-state index contributed by atoms with van der Waals surface area (Å²) < 4.78 is 7.58. The number of likely N-dealkylation sites (tertiary alicyclic amines) is 1. The van der Waals surface area contributed by atoms with E-state index in [1.165, 1.54) is 18.4 Å². The van der Waals surface area contributed by atoms with Crippen LogP contribution >= 0.6 is 0 Å². The number of carbonyl (C=O) groups is 2. The Morgan fingerprint density at radius 3 is 2.42 bits per heavy atom. The van der Waals surface area contributed by atoms with Gasteiger partial charge in [-0.05, 0) is 76.8 Å². The number of hydrogen-bond acceptors (Lipinski definition) is 4. The number of piperidine rings is 1. The molecule has 166 valence electrons. The maximum Gasteiger partial charge on any atom is 0.410 e. The summed E-state index contributed by atoms with van der Waals surface area (Å²) in [5.74, 6) is 1.96. The number of rotatable bonds is 4. The molecule has 2 aromatic heterocycles. The van der Waals surface area contributed by atoms with E-state index in [1.807, 2.05) is 47.0 Å². The normalized spacial score (nSPS) is 25.5. The lowest BCUT2D eigenvalue weighted by Crippen LogP contribution is -2.45. The summed E-state index contributed by atoms with van der Waals surface area (Å²) in [6, 6.07) is 4.26. The number of nitrogens with one attached hydrogen (secondary N) is 1. The number of aromatic nitrogens is 2. The summed E-state index contributed by atoms with van der Waals surface area (Å²) in [7, 11) is 0. The quantitative estimate of drug-likeness (QED) is 0.812. The van der Waals surface area contributed by atoms with Gasteiger partial charge in [0.05, 0.1) is 17.3 Å². The third kappa shape index (κ3) is 3.68. The van der Waals surface area contributed by atoms with Crippen molar-refractivity contribution in [3.63, 3.8) is 0 Å². The summed E-state index contributed by atoms with van der Waals surface area (Å²) in [6.45, 7) is 10.8. The number of hydrogen-bond donors (Lipinski definition) is 1. The Morgan fingerprint density at radius 2 is 1.81 bits per heavy atom. The van der Waals surface area contributed by atoms with E-state index in [-0.39, 0.29) is 29.8 Å². The van der Waals surface area contributed by atoms with Gasteiger partial charge in [-0.1, -0.05) is 6.07 Å². The molecule has 3 fully saturated rings. The maximum absolute atomic E-state index is 13.1. The van der Waals surface area contributed by atoms with Crippen LogP contribution < -0.4 is 5.32 Å². The molecule has 1 saturated heterocycles. The van der Waals surface area contributed by atoms with E-state index in [0.717, 1.165) is 11.3 Å². The molecule has 7 nitrogen and oxygen atoms in total. The predicted molar refractivity (Wildman–Crippen MR) is 117 cm³/mol. The zero-order chi connectivity index (χ0) is 22.1. The van der Waals surface area contributed by atoms with Crippen LogP contribution in [0.4, 0.5) is 4.79 Å². The standard InChI is InChI=1S/C24H32N4O3/c1-23(2,3)31-22(30)27-12-16-17(13-27)19(16)20(29)26-24(4,5)21-25-11-18-15(14-8-9-14)7-6-10-28(18)21/h6-7,10-11,14,16-17,19H,8-9,12-13H2,1-5H3,(H,26,29)/t16-,17+,19+. The molecular formula is C24H32N4O3. The summed E-state index contributed by atoms with van der Waals surface area (Å²) in [5, 5.41) is 3.23. The minimum absolute atomic E-state index is 0.0359. The molecule has 3 atom stereocenters. The lowest BCUT2D eigenvalue weighted by molar-refractivity contribution is -0.125. The van der Waals surface area contributed by atoms with Gasteiger partial charge in [-0.15, -0.1) is 0 Å². The number of nitrogens with zero attached hydrogens (tertiary/aromatic N) is 3. The molecule has 2 aromatic rings. The third-order valence-corrected chi connectivity index (χ3v) is 6.76. The van der Waals surface area contributed by atoms with Gasteiger partial charge in [0.2, 0.25) is 5.91 Å². The molecule has 5 rings (SSSR count). The van der Waals surface area contributed by atoms with E-state index < -0.39 is 11.1 Å². The fourth-order valence-corrected chi connectivity index (χ4v) is 5.08. The van der Waals surface area contributed by atoms with Crippen LogP contribution in [0.5, 0.6) is 0 Å². The third-order valence-electron chi connectivity index (χ3n) is 6.76. The Labute approximate surface area is 183 Å². The minimum Gasteiger partial charge on any atom is -0.444 e. The second-order valence-electron chi connectivity index (χ2n) is 10.9. The lowest BCUT2D eigenvalue weighted by Gasteiger charge is -2.27. The summed E-state index contributed by atoms with van der Waals surface area (Å²) in [5.41, 5.74) is 1.39. The van der Waals surface area contributed by atoms with Gasteiger partial charge in [0, 0.05) is 25.2 Å². The molecule has 0 unspecified atom stereocenters. The highest BCUT2D eigenvalue weighted by atomic mass is 16.6. The molecule has 2 saturated carbocycles. The highest BCUT2D eigenvalue weighted by Crippen LogP contribution is 2.52. The molecule has 0 bridgehead atoms. The van der Waals surface area contributed by atoms with Crippen molar-refractivity contribution in [2.75, 3.05) is 13.1 Å².